The van der Waals surface area contributed by atoms with E-state index in [9.17, 15) is 19.0 Å². The van der Waals surface area contributed by atoms with Gasteiger partial charge in [0.1, 0.15) is 19.8 Å². The minimum atomic E-state index is -4.40. The summed E-state index contributed by atoms with van der Waals surface area (Å²) >= 11 is 0. The first-order valence-electron chi connectivity index (χ1n) is 26.6. The number of phosphoric acid groups is 1. The van der Waals surface area contributed by atoms with Gasteiger partial charge in [-0.15, -0.1) is 0 Å². The number of esters is 2. The summed E-state index contributed by atoms with van der Waals surface area (Å²) in [5.74, 6) is -0.899. The molecule has 0 aliphatic rings. The Kier molecular flexibility index (Phi) is 46.3. The van der Waals surface area contributed by atoms with Gasteiger partial charge in [0.05, 0.1) is 27.7 Å². The molecule has 0 saturated carbocycles. The lowest BCUT2D eigenvalue weighted by molar-refractivity contribution is -0.870. The van der Waals surface area contributed by atoms with Gasteiger partial charge >= 0.3 is 19.8 Å². The largest absolute Gasteiger partial charge is 0.472 e. The van der Waals surface area contributed by atoms with Crippen LogP contribution in [0.3, 0.4) is 0 Å². The fourth-order valence-electron chi connectivity index (χ4n) is 6.76. The van der Waals surface area contributed by atoms with E-state index in [0.717, 1.165) is 77.0 Å². The number of allylic oxidation sites excluding steroid dienone is 18. The smallest absolute Gasteiger partial charge is 0.462 e. The monoisotopic (exact) mass is 969 g/mol. The van der Waals surface area contributed by atoms with Crippen LogP contribution in [0.2, 0.25) is 0 Å². The van der Waals surface area contributed by atoms with Gasteiger partial charge < -0.3 is 18.9 Å². The van der Waals surface area contributed by atoms with E-state index in [4.69, 9.17) is 18.5 Å². The second kappa shape index (κ2) is 48.7. The molecule has 0 aromatic heterocycles. The van der Waals surface area contributed by atoms with Crippen LogP contribution in [0.15, 0.2) is 109 Å². The van der Waals surface area contributed by atoms with Crippen LogP contribution in [-0.4, -0.2) is 74.9 Å². The molecule has 0 amide bonds. The Morgan fingerprint density at radius 1 is 0.456 bits per heavy atom. The highest BCUT2D eigenvalue weighted by molar-refractivity contribution is 7.47. The van der Waals surface area contributed by atoms with Gasteiger partial charge in [0.2, 0.25) is 0 Å². The minimum absolute atomic E-state index is 0.0166. The average Bonchev–Trinajstić information content (AvgIpc) is 3.30. The van der Waals surface area contributed by atoms with Crippen LogP contribution in [0.4, 0.5) is 0 Å². The molecule has 388 valence electrons. The lowest BCUT2D eigenvalue weighted by atomic mass is 10.0. The molecular weight excluding hydrogens is 870 g/mol. The van der Waals surface area contributed by atoms with Crippen molar-refractivity contribution in [3.8, 4) is 0 Å². The second-order valence-electron chi connectivity index (χ2n) is 18.5. The number of likely N-dealkylation sites (N-methyl/N-ethyl adjacent to an activating group) is 1. The first-order valence-corrected chi connectivity index (χ1v) is 28.1. The second-order valence-corrected chi connectivity index (χ2v) is 19.9. The zero-order chi connectivity index (χ0) is 49.9. The first-order chi connectivity index (χ1) is 33.0. The molecule has 68 heavy (non-hydrogen) atoms. The van der Waals surface area contributed by atoms with Crippen LogP contribution in [0.1, 0.15) is 194 Å². The molecule has 0 fully saturated rings. The van der Waals surface area contributed by atoms with Crippen LogP contribution >= 0.6 is 7.82 Å². The Morgan fingerprint density at radius 3 is 1.24 bits per heavy atom. The molecule has 0 aromatic rings. The van der Waals surface area contributed by atoms with E-state index in [1.165, 1.54) is 77.0 Å². The highest BCUT2D eigenvalue weighted by Gasteiger charge is 2.27. The molecule has 1 N–H and O–H groups in total. The summed E-state index contributed by atoms with van der Waals surface area (Å²) in [5.41, 5.74) is 0. The van der Waals surface area contributed by atoms with Crippen LogP contribution in [0.5, 0.6) is 0 Å². The van der Waals surface area contributed by atoms with Crippen molar-refractivity contribution < 1.29 is 42.1 Å². The van der Waals surface area contributed by atoms with Crippen molar-refractivity contribution in [2.24, 2.45) is 0 Å². The van der Waals surface area contributed by atoms with Crippen LogP contribution in [0, 0.1) is 0 Å². The van der Waals surface area contributed by atoms with E-state index in [1.807, 2.05) is 33.3 Å². The van der Waals surface area contributed by atoms with Crippen molar-refractivity contribution in [3.05, 3.63) is 109 Å². The van der Waals surface area contributed by atoms with Crippen LogP contribution in [0.25, 0.3) is 0 Å². The van der Waals surface area contributed by atoms with Crippen molar-refractivity contribution in [1.29, 1.82) is 0 Å². The fraction of sp³-hybridized carbons (Fsp3) is 0.655. The molecule has 0 spiro atoms. The molecule has 0 aliphatic carbocycles. The van der Waals surface area contributed by atoms with Crippen LogP contribution < -0.4 is 0 Å². The molecular formula is C58H99NO8P+. The van der Waals surface area contributed by atoms with Crippen LogP contribution in [-0.2, 0) is 32.7 Å². The average molecular weight is 969 g/mol. The molecule has 0 aromatic carbocycles. The summed E-state index contributed by atoms with van der Waals surface area (Å²) in [4.78, 5) is 35.5. The number of nitrogens with zero attached hydrogens (tertiary/aromatic N) is 1. The number of phosphoric ester groups is 1. The third kappa shape index (κ3) is 52.0. The van der Waals surface area contributed by atoms with Crippen molar-refractivity contribution >= 4 is 19.8 Å². The zero-order valence-electron chi connectivity index (χ0n) is 43.8. The Labute approximate surface area is 416 Å². The van der Waals surface area contributed by atoms with Crippen molar-refractivity contribution in [3.63, 3.8) is 0 Å². The van der Waals surface area contributed by atoms with E-state index in [-0.39, 0.29) is 26.1 Å². The zero-order valence-corrected chi connectivity index (χ0v) is 44.7. The number of hydrogen-bond acceptors (Lipinski definition) is 7. The summed E-state index contributed by atoms with van der Waals surface area (Å²) in [6.07, 6.45) is 67.5. The molecule has 0 bridgehead atoms. The van der Waals surface area contributed by atoms with E-state index in [0.29, 0.717) is 23.9 Å². The van der Waals surface area contributed by atoms with E-state index < -0.39 is 32.5 Å². The van der Waals surface area contributed by atoms with Crippen molar-refractivity contribution in [1.82, 2.24) is 0 Å². The molecule has 0 aliphatic heterocycles. The Hall–Kier alpha value is -3.33. The molecule has 0 radical (unpaired) electrons. The maximum Gasteiger partial charge on any atom is 0.472 e. The highest BCUT2D eigenvalue weighted by Crippen LogP contribution is 2.43. The van der Waals surface area contributed by atoms with E-state index in [1.54, 1.807) is 0 Å². The molecule has 0 rings (SSSR count). The summed E-state index contributed by atoms with van der Waals surface area (Å²) in [5, 5.41) is 0. The predicted molar refractivity (Wildman–Crippen MR) is 288 cm³/mol. The first kappa shape index (κ1) is 64.7. The fourth-order valence-corrected chi connectivity index (χ4v) is 7.50. The molecule has 2 unspecified atom stereocenters. The maximum absolute atomic E-state index is 12.8. The van der Waals surface area contributed by atoms with Gasteiger partial charge in [-0.1, -0.05) is 207 Å². The standard InChI is InChI=1S/C58H98NO8P/c1-6-8-10-12-14-16-18-20-21-22-23-24-25-26-27-28-29-30-31-32-33-34-35-36-37-39-41-43-45-47-49-51-58(61)67-56(55-66-68(62,63)65-53-52-59(3,4)5)54-64-57(60)50-48-46-44-42-40-38-19-17-15-13-11-9-7-2/h8-11,14-17,20-21,23-24,26-27,38,40,44,46,56H,6-7,12-13,18-19,22,25,28-37,39,41-43,45,47-55H2,1-5H3/p+1/b10-8-,11-9-,16-14-,17-15-,21-20-,24-23-,27-26-,40-38-,46-44-. The van der Waals surface area contributed by atoms with Gasteiger partial charge in [0, 0.05) is 12.8 Å². The van der Waals surface area contributed by atoms with Crippen molar-refractivity contribution in [2.45, 2.75) is 200 Å². The quantitative estimate of drug-likeness (QED) is 0.0211. The predicted octanol–water partition coefficient (Wildman–Crippen LogP) is 16.2. The third-order valence-corrected chi connectivity index (χ3v) is 11.8. The Bertz CT molecular complexity index is 1520. The summed E-state index contributed by atoms with van der Waals surface area (Å²) < 4.78 is 34.3. The van der Waals surface area contributed by atoms with Gasteiger partial charge in [-0.25, -0.2) is 4.57 Å². The number of hydrogen-bond donors (Lipinski definition) is 1. The van der Waals surface area contributed by atoms with Gasteiger partial charge in [-0.3, -0.25) is 18.6 Å². The summed E-state index contributed by atoms with van der Waals surface area (Å²) in [6.45, 7) is 4.10. The molecule has 2 atom stereocenters. The van der Waals surface area contributed by atoms with Gasteiger partial charge in [0.15, 0.2) is 6.10 Å². The van der Waals surface area contributed by atoms with Gasteiger partial charge in [-0.05, 0) is 83.5 Å². The molecule has 0 saturated heterocycles. The number of carbonyl (C=O) groups excluding carboxylic acids is 2. The highest BCUT2D eigenvalue weighted by atomic mass is 31.2. The van der Waals surface area contributed by atoms with E-state index in [2.05, 4.69) is 111 Å². The number of carbonyl (C=O) groups is 2. The van der Waals surface area contributed by atoms with Gasteiger partial charge in [-0.2, -0.15) is 0 Å². The SMILES string of the molecule is CC/C=C\C/C=C\C/C=C\C/C=C\C/C=C\CCCCCCCCCCCCCCCCCC(=O)OC(COC(=O)CC/C=C\C/C=C\C/C=C\C/C=C\CC)COP(=O)(O)OCC[N+](C)(C)C. The normalized spacial score (nSPS) is 14.3. The number of unbranched alkanes of at least 4 members (excludes halogenated alkanes) is 15. The molecule has 0 heterocycles. The van der Waals surface area contributed by atoms with Gasteiger partial charge in [0.25, 0.3) is 0 Å². The van der Waals surface area contributed by atoms with E-state index >= 15 is 0 Å². The lowest BCUT2D eigenvalue weighted by Gasteiger charge is -2.24. The maximum atomic E-state index is 12.8. The number of ether oxygens (including phenoxy) is 2. The Balaban J connectivity index is 4.15. The third-order valence-electron chi connectivity index (χ3n) is 10.8. The number of rotatable bonds is 47. The summed E-state index contributed by atoms with van der Waals surface area (Å²) in [7, 11) is 1.43. The van der Waals surface area contributed by atoms with Crippen molar-refractivity contribution in [2.75, 3.05) is 47.5 Å². The molecule has 9 nitrogen and oxygen atoms in total. The lowest BCUT2D eigenvalue weighted by Crippen LogP contribution is -2.37. The molecule has 10 heteroatoms. The number of quaternary nitrogens is 1. The minimum Gasteiger partial charge on any atom is -0.462 e. The Morgan fingerprint density at radius 2 is 0.824 bits per heavy atom. The summed E-state index contributed by atoms with van der Waals surface area (Å²) in [6, 6.07) is 0. The topological polar surface area (TPSA) is 108 Å².